The van der Waals surface area contributed by atoms with Crippen LogP contribution >= 0.6 is 0 Å². The van der Waals surface area contributed by atoms with Crippen molar-refractivity contribution in [1.82, 2.24) is 0 Å². The van der Waals surface area contributed by atoms with Gasteiger partial charge in [0.25, 0.3) is 0 Å². The first-order valence-corrected chi connectivity index (χ1v) is 10.6. The molecule has 1 N–H and O–H groups in total. The maximum Gasteiger partial charge on any atom is 0.416 e. The smallest absolute Gasteiger partial charge is 0.416 e. The van der Waals surface area contributed by atoms with E-state index in [0.717, 1.165) is 49.1 Å². The zero-order chi connectivity index (χ0) is 22.4. The molecular formula is C24H28F3NO3. The molecule has 1 fully saturated rings. The van der Waals surface area contributed by atoms with E-state index in [9.17, 15) is 18.0 Å². The Balaban J connectivity index is 1.78. The molecule has 0 aromatic heterocycles. The predicted octanol–water partition coefficient (Wildman–Crippen LogP) is 5.97. The van der Waals surface area contributed by atoms with Crippen molar-refractivity contribution in [3.05, 3.63) is 65.2 Å². The Hall–Kier alpha value is -2.54. The van der Waals surface area contributed by atoms with Gasteiger partial charge in [0.1, 0.15) is 0 Å². The minimum absolute atomic E-state index is 0.0910. The summed E-state index contributed by atoms with van der Waals surface area (Å²) < 4.78 is 44.5. The van der Waals surface area contributed by atoms with E-state index in [1.807, 2.05) is 0 Å². The molecule has 1 saturated heterocycles. The van der Waals surface area contributed by atoms with Gasteiger partial charge < -0.3 is 14.7 Å². The topological polar surface area (TPSA) is 49.8 Å². The summed E-state index contributed by atoms with van der Waals surface area (Å²) in [5.74, 6) is -0.888. The summed E-state index contributed by atoms with van der Waals surface area (Å²) in [6, 6.07) is 12.3. The molecule has 2 aromatic carbocycles. The molecule has 1 unspecified atom stereocenters. The summed E-state index contributed by atoms with van der Waals surface area (Å²) in [6.45, 7) is 4.01. The van der Waals surface area contributed by atoms with Crippen LogP contribution in [0.5, 0.6) is 0 Å². The van der Waals surface area contributed by atoms with Crippen molar-refractivity contribution < 1.29 is 27.8 Å². The standard InChI is InChI=1S/C24H28F3NO3/c1-2-3-14-31-16-22-13-8-19(17-4-9-20(10-5-17)24(25,26)27)15-28(22)21-11-6-18(7-12-21)23(29)30/h4-7,9-12,19,22H,2-3,8,13-16H2,1H3,(H,29,30)/t19?,22-/m0/s1. The lowest BCUT2D eigenvalue weighted by Crippen LogP contribution is -2.45. The van der Waals surface area contributed by atoms with Gasteiger partial charge in [0, 0.05) is 24.8 Å². The van der Waals surface area contributed by atoms with E-state index in [1.54, 1.807) is 36.4 Å². The van der Waals surface area contributed by atoms with Crippen molar-refractivity contribution in [3.63, 3.8) is 0 Å². The van der Waals surface area contributed by atoms with Gasteiger partial charge in [-0.1, -0.05) is 25.5 Å². The third kappa shape index (κ3) is 6.00. The molecular weight excluding hydrogens is 407 g/mol. The molecule has 1 aliphatic rings. The number of unbranched alkanes of at least 4 members (excludes halogenated alkanes) is 1. The van der Waals surface area contributed by atoms with Crippen LogP contribution in [-0.4, -0.2) is 36.9 Å². The number of benzene rings is 2. The average Bonchev–Trinajstić information content (AvgIpc) is 2.76. The van der Waals surface area contributed by atoms with Crippen LogP contribution in [-0.2, 0) is 10.9 Å². The zero-order valence-corrected chi connectivity index (χ0v) is 17.6. The molecule has 31 heavy (non-hydrogen) atoms. The molecule has 0 saturated carbocycles. The summed E-state index contributed by atoms with van der Waals surface area (Å²) in [7, 11) is 0. The number of rotatable bonds is 8. The molecule has 2 atom stereocenters. The van der Waals surface area contributed by atoms with Crippen LogP contribution in [0.3, 0.4) is 0 Å². The highest BCUT2D eigenvalue weighted by atomic mass is 19.4. The van der Waals surface area contributed by atoms with Crippen LogP contribution in [0.2, 0.25) is 0 Å². The van der Waals surface area contributed by atoms with Gasteiger partial charge >= 0.3 is 12.1 Å². The predicted molar refractivity (Wildman–Crippen MR) is 114 cm³/mol. The number of halogens is 3. The lowest BCUT2D eigenvalue weighted by molar-refractivity contribution is -0.137. The number of alkyl halides is 3. The number of hydrogen-bond donors (Lipinski definition) is 1. The van der Waals surface area contributed by atoms with Crippen LogP contribution in [0.15, 0.2) is 48.5 Å². The fourth-order valence-corrected chi connectivity index (χ4v) is 3.99. The van der Waals surface area contributed by atoms with E-state index < -0.39 is 17.7 Å². The summed E-state index contributed by atoms with van der Waals surface area (Å²) in [4.78, 5) is 13.4. The third-order valence-electron chi connectivity index (χ3n) is 5.81. The van der Waals surface area contributed by atoms with E-state index in [4.69, 9.17) is 9.84 Å². The Morgan fingerprint density at radius 3 is 2.35 bits per heavy atom. The number of carboxylic acids is 1. The van der Waals surface area contributed by atoms with Gasteiger partial charge in [0.15, 0.2) is 0 Å². The second-order valence-electron chi connectivity index (χ2n) is 7.98. The molecule has 0 aliphatic carbocycles. The normalized spacial score (nSPS) is 19.4. The number of anilines is 1. The van der Waals surface area contributed by atoms with Gasteiger partial charge in [-0.2, -0.15) is 13.2 Å². The van der Waals surface area contributed by atoms with E-state index in [2.05, 4.69) is 11.8 Å². The van der Waals surface area contributed by atoms with Gasteiger partial charge in [-0.15, -0.1) is 0 Å². The highest BCUT2D eigenvalue weighted by Crippen LogP contribution is 2.35. The molecule has 7 heteroatoms. The number of piperidine rings is 1. The Morgan fingerprint density at radius 2 is 1.77 bits per heavy atom. The van der Waals surface area contributed by atoms with E-state index >= 15 is 0 Å². The minimum Gasteiger partial charge on any atom is -0.478 e. The highest BCUT2D eigenvalue weighted by Gasteiger charge is 2.32. The molecule has 168 valence electrons. The number of nitrogens with zero attached hydrogens (tertiary/aromatic N) is 1. The van der Waals surface area contributed by atoms with Gasteiger partial charge in [-0.3, -0.25) is 0 Å². The molecule has 2 aromatic rings. The molecule has 0 radical (unpaired) electrons. The quantitative estimate of drug-likeness (QED) is 0.519. The van der Waals surface area contributed by atoms with Gasteiger partial charge in [-0.05, 0) is 61.2 Å². The van der Waals surface area contributed by atoms with Crippen molar-refractivity contribution in [1.29, 1.82) is 0 Å². The monoisotopic (exact) mass is 435 g/mol. The number of ether oxygens (including phenoxy) is 1. The summed E-state index contributed by atoms with van der Waals surface area (Å²) in [5, 5.41) is 9.16. The van der Waals surface area contributed by atoms with E-state index in [0.29, 0.717) is 19.8 Å². The fourth-order valence-electron chi connectivity index (χ4n) is 3.99. The van der Waals surface area contributed by atoms with Crippen LogP contribution in [0, 0.1) is 0 Å². The van der Waals surface area contributed by atoms with Crippen molar-refractivity contribution >= 4 is 11.7 Å². The Bertz CT molecular complexity index is 850. The van der Waals surface area contributed by atoms with Crippen LogP contribution in [0.25, 0.3) is 0 Å². The van der Waals surface area contributed by atoms with Gasteiger partial charge in [-0.25, -0.2) is 4.79 Å². The maximum atomic E-state index is 12.9. The summed E-state index contributed by atoms with van der Waals surface area (Å²) in [6.07, 6.45) is -0.589. The molecule has 0 amide bonds. The zero-order valence-electron chi connectivity index (χ0n) is 17.6. The van der Waals surface area contributed by atoms with Crippen molar-refractivity contribution in [2.45, 2.75) is 50.7 Å². The first-order chi connectivity index (χ1) is 14.8. The Kier molecular flexibility index (Phi) is 7.59. The molecule has 1 aliphatic heterocycles. The van der Waals surface area contributed by atoms with Gasteiger partial charge in [0.05, 0.1) is 23.8 Å². The third-order valence-corrected chi connectivity index (χ3v) is 5.81. The second kappa shape index (κ2) is 10.2. The minimum atomic E-state index is -4.34. The Morgan fingerprint density at radius 1 is 1.10 bits per heavy atom. The van der Waals surface area contributed by atoms with E-state index in [1.165, 1.54) is 0 Å². The first kappa shape index (κ1) is 23.1. The first-order valence-electron chi connectivity index (χ1n) is 10.6. The second-order valence-corrected chi connectivity index (χ2v) is 7.98. The van der Waals surface area contributed by atoms with Crippen LogP contribution in [0.4, 0.5) is 18.9 Å². The number of aromatic carboxylic acids is 1. The van der Waals surface area contributed by atoms with E-state index in [-0.39, 0.29) is 17.5 Å². The molecule has 0 spiro atoms. The summed E-state index contributed by atoms with van der Waals surface area (Å²) in [5.41, 5.74) is 1.35. The van der Waals surface area contributed by atoms with Gasteiger partial charge in [0.2, 0.25) is 0 Å². The molecule has 1 heterocycles. The molecule has 0 bridgehead atoms. The number of hydrogen-bond acceptors (Lipinski definition) is 3. The van der Waals surface area contributed by atoms with Crippen molar-refractivity contribution in [2.75, 3.05) is 24.7 Å². The van der Waals surface area contributed by atoms with Crippen molar-refractivity contribution in [3.8, 4) is 0 Å². The highest BCUT2D eigenvalue weighted by molar-refractivity contribution is 5.88. The Labute approximate surface area is 180 Å². The van der Waals surface area contributed by atoms with Crippen LogP contribution < -0.4 is 4.90 Å². The average molecular weight is 435 g/mol. The lowest BCUT2D eigenvalue weighted by Gasteiger charge is -2.41. The van der Waals surface area contributed by atoms with Crippen LogP contribution in [0.1, 0.15) is 60.0 Å². The number of carboxylic acid groups (broad SMARTS) is 1. The number of carbonyl (C=O) groups is 1. The summed E-state index contributed by atoms with van der Waals surface area (Å²) >= 11 is 0. The lowest BCUT2D eigenvalue weighted by atomic mass is 9.86. The fraction of sp³-hybridized carbons (Fsp3) is 0.458. The largest absolute Gasteiger partial charge is 0.478 e. The molecule has 3 rings (SSSR count). The SMILES string of the molecule is CCCCOC[C@@H]1CCC(c2ccc(C(F)(F)F)cc2)CN1c1ccc(C(=O)O)cc1. The maximum absolute atomic E-state index is 12.9. The molecule has 4 nitrogen and oxygen atoms in total. The van der Waals surface area contributed by atoms with Crippen molar-refractivity contribution in [2.24, 2.45) is 0 Å².